The van der Waals surface area contributed by atoms with Crippen molar-refractivity contribution in [3.8, 4) is 5.75 Å². The number of nitrogens with zero attached hydrogens (tertiary/aromatic N) is 1. The zero-order valence-electron chi connectivity index (χ0n) is 12.6. The highest BCUT2D eigenvalue weighted by atomic mass is 16.7. The van der Waals surface area contributed by atoms with Crippen LogP contribution < -0.4 is 10.5 Å². The third kappa shape index (κ3) is 2.62. The van der Waals surface area contributed by atoms with Crippen LogP contribution in [0.5, 0.6) is 5.75 Å². The summed E-state index contributed by atoms with van der Waals surface area (Å²) in [7, 11) is 1.37. The predicted octanol–water partition coefficient (Wildman–Crippen LogP) is 2.60. The predicted molar refractivity (Wildman–Crippen MR) is 86.7 cm³/mol. The molecule has 5 heteroatoms. The average molecular weight is 308 g/mol. The number of benzene rings is 2. The Labute approximate surface area is 133 Å². The second-order valence-corrected chi connectivity index (χ2v) is 4.98. The highest BCUT2D eigenvalue weighted by Gasteiger charge is 2.43. The van der Waals surface area contributed by atoms with Crippen LogP contribution in [-0.2, 0) is 15.3 Å². The van der Waals surface area contributed by atoms with E-state index in [9.17, 15) is 4.79 Å². The number of carbonyl (C=O) groups is 1. The van der Waals surface area contributed by atoms with Crippen LogP contribution in [0.25, 0.3) is 10.8 Å². The summed E-state index contributed by atoms with van der Waals surface area (Å²) < 4.78 is 11.3. The van der Waals surface area contributed by atoms with E-state index in [-0.39, 0.29) is 0 Å². The van der Waals surface area contributed by atoms with E-state index >= 15 is 0 Å². The lowest BCUT2D eigenvalue weighted by Crippen LogP contribution is -2.48. The lowest BCUT2D eigenvalue weighted by Gasteiger charge is -2.29. The number of nitrogens with two attached hydrogens (primary N) is 1. The van der Waals surface area contributed by atoms with Gasteiger partial charge in [-0.05, 0) is 23.6 Å². The van der Waals surface area contributed by atoms with Crippen LogP contribution in [0.15, 0.2) is 66.9 Å². The topological polar surface area (TPSA) is 74.4 Å². The Morgan fingerprint density at radius 2 is 1.78 bits per heavy atom. The minimum atomic E-state index is -1.79. The molecule has 0 aliphatic carbocycles. The lowest BCUT2D eigenvalue weighted by molar-refractivity contribution is -0.188. The molecule has 0 fully saturated rings. The van der Waals surface area contributed by atoms with Crippen molar-refractivity contribution in [1.29, 1.82) is 0 Å². The first kappa shape index (κ1) is 15.0. The van der Waals surface area contributed by atoms with Crippen molar-refractivity contribution in [1.82, 2.24) is 4.98 Å². The number of rotatable bonds is 5. The monoisotopic (exact) mass is 308 g/mol. The van der Waals surface area contributed by atoms with Gasteiger partial charge < -0.3 is 15.2 Å². The molecular formula is C18H16N2O3. The smallest absolute Gasteiger partial charge is 0.335 e. The van der Waals surface area contributed by atoms with Gasteiger partial charge in [0, 0.05) is 18.7 Å². The third-order valence-corrected chi connectivity index (χ3v) is 3.62. The quantitative estimate of drug-likeness (QED) is 0.735. The van der Waals surface area contributed by atoms with Crippen LogP contribution in [0.1, 0.15) is 5.69 Å². The molecule has 2 aromatic carbocycles. The van der Waals surface area contributed by atoms with E-state index in [1.54, 1.807) is 30.5 Å². The normalized spacial score (nSPS) is 13.4. The number of pyridine rings is 1. The molecule has 2 N–H and O–H groups in total. The van der Waals surface area contributed by atoms with E-state index in [0.717, 1.165) is 10.8 Å². The summed E-state index contributed by atoms with van der Waals surface area (Å²) in [4.78, 5) is 16.3. The summed E-state index contributed by atoms with van der Waals surface area (Å²) in [5, 5.41) is 1.84. The molecule has 0 spiro atoms. The van der Waals surface area contributed by atoms with Crippen molar-refractivity contribution in [3.63, 3.8) is 0 Å². The van der Waals surface area contributed by atoms with E-state index in [2.05, 4.69) is 4.98 Å². The van der Waals surface area contributed by atoms with Crippen molar-refractivity contribution in [2.45, 2.75) is 5.79 Å². The summed E-state index contributed by atoms with van der Waals surface area (Å²) in [6.45, 7) is 0. The first-order valence-corrected chi connectivity index (χ1v) is 7.11. The van der Waals surface area contributed by atoms with E-state index in [1.807, 2.05) is 36.4 Å². The number of fused-ring (bicyclic) bond motifs is 1. The molecule has 116 valence electrons. The molecule has 5 nitrogen and oxygen atoms in total. The molecular weight excluding hydrogens is 292 g/mol. The van der Waals surface area contributed by atoms with Crippen molar-refractivity contribution < 1.29 is 14.3 Å². The molecule has 0 aliphatic heterocycles. The second-order valence-electron chi connectivity index (χ2n) is 4.98. The van der Waals surface area contributed by atoms with Crippen molar-refractivity contribution in [2.75, 3.05) is 7.11 Å². The molecule has 0 aliphatic rings. The average Bonchev–Trinajstić information content (AvgIpc) is 2.60. The molecule has 0 saturated heterocycles. The van der Waals surface area contributed by atoms with Gasteiger partial charge in [-0.1, -0.05) is 42.5 Å². The van der Waals surface area contributed by atoms with Crippen molar-refractivity contribution in [2.24, 2.45) is 5.73 Å². The number of hydrogen-bond donors (Lipinski definition) is 1. The summed E-state index contributed by atoms with van der Waals surface area (Å²) in [5.41, 5.74) is 5.87. The van der Waals surface area contributed by atoms with Gasteiger partial charge in [-0.15, -0.1) is 0 Å². The number of hydrogen-bond acceptors (Lipinski definition) is 4. The number of amides is 1. The zero-order valence-corrected chi connectivity index (χ0v) is 12.6. The fraction of sp³-hybridized carbons (Fsp3) is 0.111. The first-order chi connectivity index (χ1) is 11.2. The Hall–Kier alpha value is -2.92. The molecule has 1 unspecified atom stereocenters. The zero-order chi connectivity index (χ0) is 16.3. The number of methoxy groups -OCH3 is 1. The van der Waals surface area contributed by atoms with Crippen LogP contribution >= 0.6 is 0 Å². The van der Waals surface area contributed by atoms with Crippen molar-refractivity contribution in [3.05, 3.63) is 72.6 Å². The Morgan fingerprint density at radius 1 is 1.04 bits per heavy atom. The summed E-state index contributed by atoms with van der Waals surface area (Å²) >= 11 is 0. The second kappa shape index (κ2) is 6.06. The van der Waals surface area contributed by atoms with Gasteiger partial charge in [-0.3, -0.25) is 9.78 Å². The molecule has 0 bridgehead atoms. The minimum absolute atomic E-state index is 0.294. The molecule has 1 aromatic heterocycles. The third-order valence-electron chi connectivity index (χ3n) is 3.62. The SMILES string of the molecule is COC(Oc1cccc2ccccc12)(C(N)=O)c1ccccn1. The molecule has 1 atom stereocenters. The molecule has 3 rings (SSSR count). The van der Waals surface area contributed by atoms with Crippen molar-refractivity contribution >= 4 is 16.7 Å². The Balaban J connectivity index is 2.14. The lowest BCUT2D eigenvalue weighted by atomic mass is 10.1. The summed E-state index contributed by atoms with van der Waals surface area (Å²) in [6.07, 6.45) is 1.55. The standard InChI is InChI=1S/C18H16N2O3/c1-22-18(17(19)21,16-11-4-5-12-20-16)23-15-10-6-8-13-7-2-3-9-14(13)15/h2-12H,1H3,(H2,19,21). The highest BCUT2D eigenvalue weighted by molar-refractivity contribution is 5.89. The van der Waals surface area contributed by atoms with Crippen LogP contribution in [0.2, 0.25) is 0 Å². The number of carbonyl (C=O) groups excluding carboxylic acids is 1. The Bertz CT molecular complexity index is 831. The first-order valence-electron chi connectivity index (χ1n) is 7.11. The number of ether oxygens (including phenoxy) is 2. The Kier molecular flexibility index (Phi) is 3.95. The Morgan fingerprint density at radius 3 is 2.48 bits per heavy atom. The van der Waals surface area contributed by atoms with Crippen LogP contribution in [0, 0.1) is 0 Å². The van der Waals surface area contributed by atoms with Crippen LogP contribution in [0.4, 0.5) is 0 Å². The molecule has 23 heavy (non-hydrogen) atoms. The summed E-state index contributed by atoms with van der Waals surface area (Å²) in [5.74, 6) is -2.06. The maximum absolute atomic E-state index is 12.1. The minimum Gasteiger partial charge on any atom is -0.448 e. The molecule has 3 aromatic rings. The van der Waals surface area contributed by atoms with Crippen LogP contribution in [0.3, 0.4) is 0 Å². The van der Waals surface area contributed by atoms with Gasteiger partial charge in [0.1, 0.15) is 11.4 Å². The molecule has 0 saturated carbocycles. The number of aromatic nitrogens is 1. The maximum atomic E-state index is 12.1. The summed E-state index contributed by atoms with van der Waals surface area (Å²) in [6, 6.07) is 18.4. The number of primary amides is 1. The van der Waals surface area contributed by atoms with E-state index in [1.165, 1.54) is 7.11 Å². The molecule has 1 amide bonds. The van der Waals surface area contributed by atoms with Gasteiger partial charge in [0.2, 0.25) is 0 Å². The van der Waals surface area contributed by atoms with E-state index < -0.39 is 11.7 Å². The highest BCUT2D eigenvalue weighted by Crippen LogP contribution is 2.33. The molecule has 0 radical (unpaired) electrons. The van der Waals surface area contributed by atoms with E-state index in [0.29, 0.717) is 11.4 Å². The van der Waals surface area contributed by atoms with Crippen LogP contribution in [-0.4, -0.2) is 18.0 Å². The van der Waals surface area contributed by atoms with Gasteiger partial charge in [-0.2, -0.15) is 0 Å². The fourth-order valence-electron chi connectivity index (χ4n) is 2.47. The van der Waals surface area contributed by atoms with E-state index in [4.69, 9.17) is 15.2 Å². The van der Waals surface area contributed by atoms with Gasteiger partial charge >= 0.3 is 5.79 Å². The maximum Gasteiger partial charge on any atom is 0.335 e. The fourth-order valence-corrected chi connectivity index (χ4v) is 2.47. The van der Waals surface area contributed by atoms with Gasteiger partial charge in [0.05, 0.1) is 0 Å². The van der Waals surface area contributed by atoms with Gasteiger partial charge in [0.15, 0.2) is 0 Å². The van der Waals surface area contributed by atoms with Gasteiger partial charge in [0.25, 0.3) is 5.91 Å². The van der Waals surface area contributed by atoms with Gasteiger partial charge in [-0.25, -0.2) is 0 Å². The largest absolute Gasteiger partial charge is 0.448 e. The molecule has 1 heterocycles.